The lowest BCUT2D eigenvalue weighted by atomic mass is 10.1. The van der Waals surface area contributed by atoms with Crippen molar-refractivity contribution in [2.45, 2.75) is 26.0 Å². The average Bonchev–Trinajstić information content (AvgIpc) is 3.13. The van der Waals surface area contributed by atoms with Crippen LogP contribution in [0.2, 0.25) is 0 Å². The molecule has 0 amide bonds. The van der Waals surface area contributed by atoms with Gasteiger partial charge in [-0.2, -0.15) is 0 Å². The number of halogens is 1. The standard InChI is InChI=1S/C18H24FN3O2S/c1-4-20-17(22-12-18(2,23)16-6-5-9-25-16)21-11-13-7-8-15(24-3)14(19)10-13/h5-10,23H,4,11-12H2,1-3H3,(H2,20,21,22). The van der Waals surface area contributed by atoms with Crippen LogP contribution in [0.25, 0.3) is 0 Å². The van der Waals surface area contributed by atoms with Gasteiger partial charge < -0.3 is 20.5 Å². The van der Waals surface area contributed by atoms with Gasteiger partial charge in [-0.15, -0.1) is 11.3 Å². The smallest absolute Gasteiger partial charge is 0.191 e. The maximum Gasteiger partial charge on any atom is 0.191 e. The highest BCUT2D eigenvalue weighted by Crippen LogP contribution is 2.24. The Labute approximate surface area is 151 Å². The predicted molar refractivity (Wildman–Crippen MR) is 99.7 cm³/mol. The molecule has 7 heteroatoms. The Kier molecular flexibility index (Phi) is 6.78. The van der Waals surface area contributed by atoms with Crippen molar-refractivity contribution in [3.8, 4) is 5.75 Å². The van der Waals surface area contributed by atoms with Crippen LogP contribution in [0.3, 0.4) is 0 Å². The summed E-state index contributed by atoms with van der Waals surface area (Å²) >= 11 is 1.51. The zero-order valence-corrected chi connectivity index (χ0v) is 15.5. The van der Waals surface area contributed by atoms with Gasteiger partial charge in [0.15, 0.2) is 17.5 Å². The van der Waals surface area contributed by atoms with Crippen LogP contribution in [0.4, 0.5) is 4.39 Å². The summed E-state index contributed by atoms with van der Waals surface area (Å²) in [6, 6.07) is 8.58. The number of ether oxygens (including phenoxy) is 1. The van der Waals surface area contributed by atoms with Crippen molar-refractivity contribution < 1.29 is 14.2 Å². The SMILES string of the molecule is CCNC(=NCc1ccc(OC)c(F)c1)NCC(C)(O)c1cccs1. The van der Waals surface area contributed by atoms with Crippen molar-refractivity contribution in [2.75, 3.05) is 20.2 Å². The third kappa shape index (κ3) is 5.44. The minimum absolute atomic E-state index is 0.213. The number of guanidine groups is 1. The van der Waals surface area contributed by atoms with E-state index in [2.05, 4.69) is 15.6 Å². The van der Waals surface area contributed by atoms with Gasteiger partial charge in [0, 0.05) is 11.4 Å². The molecule has 1 aromatic heterocycles. The lowest BCUT2D eigenvalue weighted by Crippen LogP contribution is -2.44. The van der Waals surface area contributed by atoms with E-state index in [1.54, 1.807) is 19.1 Å². The summed E-state index contributed by atoms with van der Waals surface area (Å²) in [5.74, 6) is 0.370. The number of nitrogens with one attached hydrogen (secondary N) is 2. The first kappa shape index (κ1) is 19.2. The minimum Gasteiger partial charge on any atom is -0.494 e. The molecule has 0 saturated heterocycles. The number of thiophene rings is 1. The summed E-state index contributed by atoms with van der Waals surface area (Å²) in [5.41, 5.74) is -0.253. The Bertz CT molecular complexity index is 702. The average molecular weight is 365 g/mol. The fraction of sp³-hybridized carbons (Fsp3) is 0.389. The minimum atomic E-state index is -0.990. The van der Waals surface area contributed by atoms with E-state index in [-0.39, 0.29) is 5.75 Å². The van der Waals surface area contributed by atoms with Crippen molar-refractivity contribution >= 4 is 17.3 Å². The molecule has 0 saturated carbocycles. The predicted octanol–water partition coefficient (Wildman–Crippen LogP) is 2.86. The number of benzene rings is 1. The molecule has 0 aliphatic rings. The van der Waals surface area contributed by atoms with Crippen LogP contribution in [0.15, 0.2) is 40.7 Å². The molecular weight excluding hydrogens is 341 g/mol. The fourth-order valence-electron chi connectivity index (χ4n) is 2.25. The molecule has 0 aliphatic heterocycles. The van der Waals surface area contributed by atoms with E-state index >= 15 is 0 Å². The summed E-state index contributed by atoms with van der Waals surface area (Å²) in [6.07, 6.45) is 0. The van der Waals surface area contributed by atoms with E-state index in [1.165, 1.54) is 24.5 Å². The van der Waals surface area contributed by atoms with Crippen LogP contribution < -0.4 is 15.4 Å². The first-order valence-electron chi connectivity index (χ1n) is 8.07. The molecule has 0 bridgehead atoms. The van der Waals surface area contributed by atoms with E-state index in [9.17, 15) is 9.50 Å². The molecule has 2 aromatic rings. The molecular formula is C18H24FN3O2S. The zero-order valence-electron chi connectivity index (χ0n) is 14.7. The summed E-state index contributed by atoms with van der Waals surface area (Å²) < 4.78 is 18.7. The van der Waals surface area contributed by atoms with Crippen LogP contribution >= 0.6 is 11.3 Å². The van der Waals surface area contributed by atoms with Crippen molar-refractivity contribution in [2.24, 2.45) is 4.99 Å². The molecule has 1 aromatic carbocycles. The van der Waals surface area contributed by atoms with Crippen LogP contribution in [0.1, 0.15) is 24.3 Å². The van der Waals surface area contributed by atoms with E-state index in [1.807, 2.05) is 24.4 Å². The third-order valence-electron chi connectivity index (χ3n) is 3.63. The molecule has 0 fully saturated rings. The molecule has 0 radical (unpaired) electrons. The lowest BCUT2D eigenvalue weighted by molar-refractivity contribution is 0.0655. The van der Waals surface area contributed by atoms with Crippen LogP contribution in [-0.4, -0.2) is 31.3 Å². The molecule has 0 spiro atoms. The monoisotopic (exact) mass is 365 g/mol. The molecule has 1 heterocycles. The molecule has 3 N–H and O–H groups in total. The number of hydrogen-bond acceptors (Lipinski definition) is 4. The Hall–Kier alpha value is -2.12. The first-order chi connectivity index (χ1) is 12.0. The van der Waals surface area contributed by atoms with Crippen LogP contribution in [0, 0.1) is 5.82 Å². The Morgan fingerprint density at radius 1 is 1.36 bits per heavy atom. The normalized spacial score (nSPS) is 14.0. The van der Waals surface area contributed by atoms with E-state index < -0.39 is 11.4 Å². The number of rotatable bonds is 7. The largest absolute Gasteiger partial charge is 0.494 e. The third-order valence-corrected chi connectivity index (χ3v) is 4.76. The topological polar surface area (TPSA) is 65.9 Å². The van der Waals surface area contributed by atoms with Gasteiger partial charge in [-0.05, 0) is 43.0 Å². The second-order valence-electron chi connectivity index (χ2n) is 5.77. The van der Waals surface area contributed by atoms with E-state index in [0.29, 0.717) is 25.6 Å². The number of aliphatic hydroxyl groups is 1. The zero-order chi connectivity index (χ0) is 18.3. The van der Waals surface area contributed by atoms with Gasteiger partial charge in [0.25, 0.3) is 0 Å². The summed E-state index contributed by atoms with van der Waals surface area (Å²) in [4.78, 5) is 5.33. The fourth-order valence-corrected chi connectivity index (χ4v) is 3.04. The molecule has 1 atom stereocenters. The highest BCUT2D eigenvalue weighted by atomic mass is 32.1. The maximum atomic E-state index is 13.7. The quantitative estimate of drug-likeness (QED) is 0.521. The van der Waals surface area contributed by atoms with Gasteiger partial charge >= 0.3 is 0 Å². The highest BCUT2D eigenvalue weighted by molar-refractivity contribution is 7.10. The molecule has 0 aliphatic carbocycles. The Morgan fingerprint density at radius 2 is 2.16 bits per heavy atom. The number of nitrogens with zero attached hydrogens (tertiary/aromatic N) is 1. The van der Waals surface area contributed by atoms with Gasteiger partial charge in [0.05, 0.1) is 20.2 Å². The summed E-state index contributed by atoms with van der Waals surface area (Å²) in [6.45, 7) is 5.04. The van der Waals surface area contributed by atoms with Crippen molar-refractivity contribution in [1.82, 2.24) is 10.6 Å². The highest BCUT2D eigenvalue weighted by Gasteiger charge is 2.24. The number of aliphatic imine (C=N–C) groups is 1. The van der Waals surface area contributed by atoms with Gasteiger partial charge in [-0.1, -0.05) is 12.1 Å². The second kappa shape index (κ2) is 8.82. The molecule has 136 valence electrons. The summed E-state index contributed by atoms with van der Waals surface area (Å²) in [5, 5.41) is 18.8. The maximum absolute atomic E-state index is 13.7. The number of hydrogen-bond donors (Lipinski definition) is 3. The van der Waals surface area contributed by atoms with Gasteiger partial charge in [0.2, 0.25) is 0 Å². The van der Waals surface area contributed by atoms with E-state index in [0.717, 1.165) is 10.4 Å². The molecule has 1 unspecified atom stereocenters. The summed E-state index contributed by atoms with van der Waals surface area (Å²) in [7, 11) is 1.43. The van der Waals surface area contributed by atoms with Crippen LogP contribution in [0.5, 0.6) is 5.75 Å². The van der Waals surface area contributed by atoms with Gasteiger partial charge in [-0.3, -0.25) is 0 Å². The molecule has 25 heavy (non-hydrogen) atoms. The Balaban J connectivity index is 2.02. The lowest BCUT2D eigenvalue weighted by Gasteiger charge is -2.23. The number of methoxy groups -OCH3 is 1. The van der Waals surface area contributed by atoms with Gasteiger partial charge in [-0.25, -0.2) is 9.38 Å². The van der Waals surface area contributed by atoms with Gasteiger partial charge in [0.1, 0.15) is 5.60 Å². The van der Waals surface area contributed by atoms with Crippen molar-refractivity contribution in [1.29, 1.82) is 0 Å². The molecule has 2 rings (SSSR count). The Morgan fingerprint density at radius 3 is 2.76 bits per heavy atom. The van der Waals surface area contributed by atoms with Crippen LogP contribution in [-0.2, 0) is 12.1 Å². The van der Waals surface area contributed by atoms with Crippen molar-refractivity contribution in [3.05, 3.63) is 52.0 Å². The first-order valence-corrected chi connectivity index (χ1v) is 8.95. The van der Waals surface area contributed by atoms with E-state index in [4.69, 9.17) is 4.74 Å². The van der Waals surface area contributed by atoms with Crippen molar-refractivity contribution in [3.63, 3.8) is 0 Å². The second-order valence-corrected chi connectivity index (χ2v) is 6.72. The molecule has 5 nitrogen and oxygen atoms in total.